The van der Waals surface area contributed by atoms with Crippen molar-refractivity contribution in [1.29, 1.82) is 0 Å². The maximum atomic E-state index is 8.41. The lowest BCUT2D eigenvalue weighted by Gasteiger charge is -2.12. The molecule has 1 N–H and O–H groups in total. The molecule has 0 aliphatic rings. The topological polar surface area (TPSA) is 38.7 Å². The first-order chi connectivity index (χ1) is 4.85. The fourth-order valence-corrected chi connectivity index (χ4v) is 1.52. The Balaban J connectivity index is 3.21. The highest BCUT2D eigenvalue weighted by Crippen LogP contribution is 2.36. The Morgan fingerprint density at radius 1 is 1.30 bits per heavy atom. The smallest absolute Gasteiger partial charge is 0.170 e. The molecule has 0 fully saturated rings. The van der Waals surface area contributed by atoms with Crippen LogP contribution >= 0.6 is 8.38 Å². The maximum absolute atomic E-state index is 8.41. The summed E-state index contributed by atoms with van der Waals surface area (Å²) in [5.74, 6) is 0. The Morgan fingerprint density at radius 2 is 2.00 bits per heavy atom. The van der Waals surface area contributed by atoms with Crippen LogP contribution in [-0.2, 0) is 9.05 Å². The van der Waals surface area contributed by atoms with Crippen LogP contribution in [-0.4, -0.2) is 31.1 Å². The summed E-state index contributed by atoms with van der Waals surface area (Å²) < 4.78 is 10.4. The molecule has 1 atom stereocenters. The first-order valence-corrected chi connectivity index (χ1v) is 4.85. The molecule has 0 spiro atoms. The minimum Gasteiger partial charge on any atom is -0.394 e. The lowest BCUT2D eigenvalue weighted by atomic mass is 10.8. The molecule has 0 bridgehead atoms. The maximum Gasteiger partial charge on any atom is 0.170 e. The first kappa shape index (κ1) is 10.3. The molecule has 0 aliphatic carbocycles. The van der Waals surface area contributed by atoms with E-state index in [0.29, 0.717) is 13.2 Å². The number of hydrogen-bond acceptors (Lipinski definition) is 3. The molecule has 0 aromatic rings. The summed E-state index contributed by atoms with van der Waals surface area (Å²) in [6, 6.07) is 0. The molecule has 4 heteroatoms. The van der Waals surface area contributed by atoms with Gasteiger partial charge in [0.05, 0.1) is 19.8 Å². The highest BCUT2D eigenvalue weighted by Gasteiger charge is 2.04. The Hall–Kier alpha value is 0.310. The Morgan fingerprint density at radius 3 is 2.40 bits per heavy atom. The number of aliphatic hydroxyl groups is 1. The molecule has 0 aromatic heterocycles. The van der Waals surface area contributed by atoms with E-state index in [1.165, 1.54) is 0 Å². The molecule has 1 unspecified atom stereocenters. The predicted octanol–water partition coefficient (Wildman–Crippen LogP) is 1.36. The van der Waals surface area contributed by atoms with Gasteiger partial charge in [0.2, 0.25) is 0 Å². The first-order valence-electron chi connectivity index (χ1n) is 3.49. The van der Waals surface area contributed by atoms with Gasteiger partial charge in [-0.1, -0.05) is 6.92 Å². The van der Waals surface area contributed by atoms with Crippen LogP contribution in [0.4, 0.5) is 0 Å². The van der Waals surface area contributed by atoms with Gasteiger partial charge in [-0.15, -0.1) is 0 Å². The molecular formula is C6H15O3P. The van der Waals surface area contributed by atoms with Crippen molar-refractivity contribution in [1.82, 2.24) is 0 Å². The molecular weight excluding hydrogens is 151 g/mol. The average molecular weight is 166 g/mol. The molecule has 62 valence electrons. The zero-order valence-corrected chi connectivity index (χ0v) is 7.43. The molecule has 0 saturated carbocycles. The summed E-state index contributed by atoms with van der Waals surface area (Å²) in [6.45, 7) is 5.10. The number of rotatable bonds is 6. The molecule has 0 rings (SSSR count). The van der Waals surface area contributed by atoms with Gasteiger partial charge in [-0.3, -0.25) is 0 Å². The quantitative estimate of drug-likeness (QED) is 0.605. The van der Waals surface area contributed by atoms with E-state index in [9.17, 15) is 0 Å². The van der Waals surface area contributed by atoms with Gasteiger partial charge < -0.3 is 14.2 Å². The van der Waals surface area contributed by atoms with Crippen LogP contribution in [0.3, 0.4) is 0 Å². The van der Waals surface area contributed by atoms with E-state index in [4.69, 9.17) is 14.2 Å². The van der Waals surface area contributed by atoms with Crippen LogP contribution < -0.4 is 0 Å². The van der Waals surface area contributed by atoms with Gasteiger partial charge in [0.25, 0.3) is 0 Å². The Labute approximate surface area is 63.3 Å². The van der Waals surface area contributed by atoms with Crippen LogP contribution in [0.25, 0.3) is 0 Å². The van der Waals surface area contributed by atoms with Gasteiger partial charge in [0.1, 0.15) is 0 Å². The SMILES string of the molecule is CCOP(CC)OCCO. The van der Waals surface area contributed by atoms with Crippen molar-refractivity contribution >= 4 is 8.38 Å². The van der Waals surface area contributed by atoms with Gasteiger partial charge in [-0.2, -0.15) is 0 Å². The van der Waals surface area contributed by atoms with E-state index in [1.807, 2.05) is 13.8 Å². The van der Waals surface area contributed by atoms with Crippen molar-refractivity contribution in [3.63, 3.8) is 0 Å². The van der Waals surface area contributed by atoms with Gasteiger partial charge in [0, 0.05) is 6.16 Å². The number of aliphatic hydroxyl groups excluding tert-OH is 1. The van der Waals surface area contributed by atoms with Crippen LogP contribution in [0.5, 0.6) is 0 Å². The van der Waals surface area contributed by atoms with Crippen LogP contribution in [0.15, 0.2) is 0 Å². The van der Waals surface area contributed by atoms with Crippen molar-refractivity contribution in [2.24, 2.45) is 0 Å². The average Bonchev–Trinajstić information content (AvgIpc) is 1.98. The largest absolute Gasteiger partial charge is 0.394 e. The minimum absolute atomic E-state index is 0.0753. The zero-order valence-electron chi connectivity index (χ0n) is 6.54. The van der Waals surface area contributed by atoms with Gasteiger partial charge >= 0.3 is 0 Å². The normalized spacial score (nSPS) is 13.5. The van der Waals surface area contributed by atoms with Gasteiger partial charge in [-0.05, 0) is 6.92 Å². The second kappa shape index (κ2) is 7.42. The van der Waals surface area contributed by atoms with E-state index in [1.54, 1.807) is 0 Å². The van der Waals surface area contributed by atoms with Crippen LogP contribution in [0.1, 0.15) is 13.8 Å². The summed E-state index contributed by atoms with van der Waals surface area (Å²) in [5.41, 5.74) is 0. The molecule has 0 heterocycles. The third kappa shape index (κ3) is 5.12. The minimum atomic E-state index is -0.724. The van der Waals surface area contributed by atoms with E-state index < -0.39 is 8.38 Å². The van der Waals surface area contributed by atoms with E-state index in [-0.39, 0.29) is 6.61 Å². The summed E-state index contributed by atoms with van der Waals surface area (Å²) >= 11 is 0. The molecule has 0 amide bonds. The second-order valence-electron chi connectivity index (χ2n) is 1.62. The number of hydrogen-bond donors (Lipinski definition) is 1. The van der Waals surface area contributed by atoms with Crippen molar-refractivity contribution in [2.45, 2.75) is 13.8 Å². The summed E-state index contributed by atoms with van der Waals surface area (Å²) in [6.07, 6.45) is 0.892. The Bertz CT molecular complexity index is 70.0. The fraction of sp³-hybridized carbons (Fsp3) is 1.00. The molecule has 0 aliphatic heterocycles. The van der Waals surface area contributed by atoms with E-state index in [0.717, 1.165) is 6.16 Å². The zero-order chi connectivity index (χ0) is 7.82. The van der Waals surface area contributed by atoms with Gasteiger partial charge in [0.15, 0.2) is 8.38 Å². The molecule has 3 nitrogen and oxygen atoms in total. The third-order valence-electron chi connectivity index (χ3n) is 0.858. The molecule has 0 aromatic carbocycles. The lowest BCUT2D eigenvalue weighted by Crippen LogP contribution is -1.98. The highest BCUT2D eigenvalue weighted by atomic mass is 31.2. The summed E-state index contributed by atoms with van der Waals surface area (Å²) in [4.78, 5) is 0. The Kier molecular flexibility index (Phi) is 7.65. The van der Waals surface area contributed by atoms with E-state index in [2.05, 4.69) is 0 Å². The predicted molar refractivity (Wildman–Crippen MR) is 42.1 cm³/mol. The molecule has 10 heavy (non-hydrogen) atoms. The monoisotopic (exact) mass is 166 g/mol. The van der Waals surface area contributed by atoms with Gasteiger partial charge in [-0.25, -0.2) is 0 Å². The van der Waals surface area contributed by atoms with Crippen molar-refractivity contribution in [3.8, 4) is 0 Å². The second-order valence-corrected chi connectivity index (χ2v) is 3.44. The van der Waals surface area contributed by atoms with Crippen molar-refractivity contribution in [3.05, 3.63) is 0 Å². The molecule has 0 radical (unpaired) electrons. The van der Waals surface area contributed by atoms with Crippen molar-refractivity contribution < 1.29 is 14.2 Å². The van der Waals surface area contributed by atoms with E-state index >= 15 is 0 Å². The third-order valence-corrected chi connectivity index (χ3v) is 2.39. The summed E-state index contributed by atoms with van der Waals surface area (Å²) in [7, 11) is -0.724. The molecule has 0 saturated heterocycles. The summed E-state index contributed by atoms with van der Waals surface area (Å²) in [5, 5.41) is 8.41. The van der Waals surface area contributed by atoms with Crippen LogP contribution in [0, 0.1) is 0 Å². The standard InChI is InChI=1S/C6H15O3P/c1-3-8-10(4-2)9-6-5-7/h7H,3-6H2,1-2H3. The highest BCUT2D eigenvalue weighted by molar-refractivity contribution is 7.47. The lowest BCUT2D eigenvalue weighted by molar-refractivity contribution is 0.188. The van der Waals surface area contributed by atoms with Crippen LogP contribution in [0.2, 0.25) is 0 Å². The fourth-order valence-electron chi connectivity index (χ4n) is 0.506. The van der Waals surface area contributed by atoms with Crippen molar-refractivity contribution in [2.75, 3.05) is 26.0 Å².